The maximum atomic E-state index is 11.1. The monoisotopic (exact) mass is 437 g/mol. The zero-order valence-electron chi connectivity index (χ0n) is 15.4. The van der Waals surface area contributed by atoms with Crippen molar-refractivity contribution in [1.82, 2.24) is 19.5 Å². The maximum Gasteiger partial charge on any atom is 0.294 e. The maximum absolute atomic E-state index is 11.1. The number of aromatic nitrogens is 4. The van der Waals surface area contributed by atoms with E-state index in [-0.39, 0.29) is 4.90 Å². The van der Waals surface area contributed by atoms with Gasteiger partial charge in [-0.05, 0) is 17.7 Å². The first-order valence-corrected chi connectivity index (χ1v) is 10.3. The van der Waals surface area contributed by atoms with Crippen molar-refractivity contribution >= 4 is 27.1 Å². The second kappa shape index (κ2) is 7.86. The van der Waals surface area contributed by atoms with Gasteiger partial charge in [0.1, 0.15) is 24.6 Å². The molecule has 4 rings (SSSR count). The van der Waals surface area contributed by atoms with E-state index in [2.05, 4.69) is 20.3 Å². The van der Waals surface area contributed by atoms with Gasteiger partial charge < -0.3 is 25.4 Å². The highest BCUT2D eigenvalue weighted by Gasteiger charge is 2.44. The molecule has 1 aliphatic rings. The van der Waals surface area contributed by atoms with Crippen LogP contribution >= 0.6 is 0 Å². The lowest BCUT2D eigenvalue weighted by Crippen LogP contribution is -2.33. The molecule has 0 bridgehead atoms. The number of hydrogen-bond donors (Lipinski definition) is 5. The largest absolute Gasteiger partial charge is 0.394 e. The Balaban J connectivity index is 1.55. The molecule has 3 heterocycles. The van der Waals surface area contributed by atoms with Crippen LogP contribution in [0.3, 0.4) is 0 Å². The van der Waals surface area contributed by atoms with Crippen LogP contribution in [0.25, 0.3) is 11.2 Å². The third-order valence-corrected chi connectivity index (χ3v) is 5.70. The summed E-state index contributed by atoms with van der Waals surface area (Å²) in [4.78, 5) is 12.4. The number of aliphatic hydroxyl groups excluding tert-OH is 3. The molecule has 0 amide bonds. The first kappa shape index (κ1) is 20.6. The van der Waals surface area contributed by atoms with E-state index in [1.54, 1.807) is 12.1 Å². The van der Waals surface area contributed by atoms with Crippen molar-refractivity contribution in [3.63, 3.8) is 0 Å². The fraction of sp³-hybridized carbons (Fsp3) is 0.353. The number of imidazole rings is 1. The Morgan fingerprint density at radius 1 is 1.10 bits per heavy atom. The highest BCUT2D eigenvalue weighted by Crippen LogP contribution is 2.32. The van der Waals surface area contributed by atoms with Gasteiger partial charge in [0.15, 0.2) is 23.2 Å². The van der Waals surface area contributed by atoms with Crippen LogP contribution in [0.1, 0.15) is 11.8 Å². The molecule has 1 unspecified atom stereocenters. The molecule has 0 aliphatic carbocycles. The third kappa shape index (κ3) is 3.74. The van der Waals surface area contributed by atoms with Crippen molar-refractivity contribution in [2.75, 3.05) is 11.9 Å². The molecule has 13 heteroatoms. The van der Waals surface area contributed by atoms with Crippen molar-refractivity contribution in [1.29, 1.82) is 0 Å². The molecule has 160 valence electrons. The number of ether oxygens (including phenoxy) is 1. The number of nitrogens with zero attached hydrogens (tertiary/aromatic N) is 4. The third-order valence-electron chi connectivity index (χ3n) is 4.83. The van der Waals surface area contributed by atoms with Crippen molar-refractivity contribution < 1.29 is 33.0 Å². The first-order valence-electron chi connectivity index (χ1n) is 8.90. The Morgan fingerprint density at radius 3 is 2.47 bits per heavy atom. The van der Waals surface area contributed by atoms with Gasteiger partial charge in [-0.2, -0.15) is 8.42 Å². The van der Waals surface area contributed by atoms with Crippen LogP contribution < -0.4 is 5.32 Å². The number of anilines is 1. The van der Waals surface area contributed by atoms with Crippen LogP contribution in [0.5, 0.6) is 0 Å². The number of rotatable bonds is 6. The number of nitrogens with one attached hydrogen (secondary N) is 1. The zero-order chi connectivity index (χ0) is 21.5. The van der Waals surface area contributed by atoms with E-state index >= 15 is 0 Å². The number of aliphatic hydroxyl groups is 3. The minimum absolute atomic E-state index is 0.201. The predicted molar refractivity (Wildman–Crippen MR) is 102 cm³/mol. The molecule has 1 saturated heterocycles. The molecule has 0 saturated carbocycles. The molecular formula is C17H19N5O7S. The van der Waals surface area contributed by atoms with Crippen LogP contribution in [0.4, 0.5) is 5.82 Å². The molecule has 1 aromatic carbocycles. The van der Waals surface area contributed by atoms with Crippen molar-refractivity contribution in [3.8, 4) is 0 Å². The van der Waals surface area contributed by atoms with E-state index in [0.29, 0.717) is 23.5 Å². The Bertz CT molecular complexity index is 1150. The van der Waals surface area contributed by atoms with E-state index in [1.165, 1.54) is 29.4 Å². The van der Waals surface area contributed by atoms with E-state index in [9.17, 15) is 23.7 Å². The van der Waals surface area contributed by atoms with Gasteiger partial charge in [0, 0.05) is 6.54 Å². The second-order valence-corrected chi connectivity index (χ2v) is 8.17. The van der Waals surface area contributed by atoms with Gasteiger partial charge in [-0.3, -0.25) is 9.12 Å². The fourth-order valence-electron chi connectivity index (χ4n) is 3.24. The Morgan fingerprint density at radius 2 is 1.83 bits per heavy atom. The SMILES string of the molecule is O=S(=O)(O)c1ccc(CNc2ncnc3c2ncn3C2O[C@H](CO)[C@@H](O)[C@H]2O)cc1. The molecule has 5 N–H and O–H groups in total. The summed E-state index contributed by atoms with van der Waals surface area (Å²) in [6.07, 6.45) is -1.72. The molecular weight excluding hydrogens is 418 g/mol. The molecule has 30 heavy (non-hydrogen) atoms. The predicted octanol–water partition coefficient (Wildman–Crippen LogP) is -0.703. The number of benzene rings is 1. The molecule has 1 fully saturated rings. The van der Waals surface area contributed by atoms with Crippen LogP contribution in [0, 0.1) is 0 Å². The summed E-state index contributed by atoms with van der Waals surface area (Å²) >= 11 is 0. The van der Waals surface area contributed by atoms with Crippen LogP contribution in [0.2, 0.25) is 0 Å². The smallest absolute Gasteiger partial charge is 0.294 e. The van der Waals surface area contributed by atoms with Gasteiger partial charge in [0.05, 0.1) is 17.8 Å². The Labute approximate surface area is 170 Å². The summed E-state index contributed by atoms with van der Waals surface area (Å²) in [5, 5.41) is 32.5. The average Bonchev–Trinajstić information content (AvgIpc) is 3.27. The van der Waals surface area contributed by atoms with Crippen LogP contribution in [-0.4, -0.2) is 72.7 Å². The minimum atomic E-state index is -4.25. The van der Waals surface area contributed by atoms with Crippen LogP contribution in [-0.2, 0) is 21.4 Å². The quantitative estimate of drug-likeness (QED) is 0.308. The average molecular weight is 437 g/mol. The summed E-state index contributed by atoms with van der Waals surface area (Å²) in [7, 11) is -4.25. The summed E-state index contributed by atoms with van der Waals surface area (Å²) in [6.45, 7) is -0.155. The fourth-order valence-corrected chi connectivity index (χ4v) is 3.72. The van der Waals surface area contributed by atoms with E-state index in [4.69, 9.17) is 9.29 Å². The summed E-state index contributed by atoms with van der Waals surface area (Å²) in [5.41, 5.74) is 1.48. The summed E-state index contributed by atoms with van der Waals surface area (Å²) < 4.78 is 38.2. The van der Waals surface area contributed by atoms with Gasteiger partial charge in [-0.1, -0.05) is 12.1 Å². The number of fused-ring (bicyclic) bond motifs is 1. The molecule has 12 nitrogen and oxygen atoms in total. The van der Waals surface area contributed by atoms with E-state index in [0.717, 1.165) is 5.56 Å². The van der Waals surface area contributed by atoms with Crippen LogP contribution in [0.15, 0.2) is 41.8 Å². The van der Waals surface area contributed by atoms with E-state index in [1.807, 2.05) is 0 Å². The van der Waals surface area contributed by atoms with Crippen molar-refractivity contribution in [3.05, 3.63) is 42.5 Å². The lowest BCUT2D eigenvalue weighted by molar-refractivity contribution is -0.0511. The molecule has 0 spiro atoms. The Kier molecular flexibility index (Phi) is 5.40. The second-order valence-electron chi connectivity index (χ2n) is 6.75. The topological polar surface area (TPSA) is 180 Å². The molecule has 3 aromatic rings. The first-order chi connectivity index (χ1) is 14.3. The summed E-state index contributed by atoms with van der Waals surface area (Å²) in [6, 6.07) is 5.68. The molecule has 4 atom stereocenters. The van der Waals surface area contributed by atoms with Gasteiger partial charge in [0.2, 0.25) is 0 Å². The lowest BCUT2D eigenvalue weighted by atomic mass is 10.1. The minimum Gasteiger partial charge on any atom is -0.394 e. The zero-order valence-corrected chi connectivity index (χ0v) is 16.2. The van der Waals surface area contributed by atoms with Gasteiger partial charge >= 0.3 is 0 Å². The molecule has 2 aromatic heterocycles. The van der Waals surface area contributed by atoms with Gasteiger partial charge in [-0.15, -0.1) is 0 Å². The normalized spacial score (nSPS) is 24.4. The van der Waals surface area contributed by atoms with Gasteiger partial charge in [0.25, 0.3) is 10.1 Å². The highest BCUT2D eigenvalue weighted by atomic mass is 32.2. The molecule has 0 radical (unpaired) electrons. The number of hydrogen-bond acceptors (Lipinski definition) is 10. The van der Waals surface area contributed by atoms with E-state index < -0.39 is 41.3 Å². The standard InChI is InChI=1S/C17H19N5O7S/c23-6-11-13(24)14(25)17(29-11)22-8-21-12-15(19-7-20-16(12)22)18-5-9-1-3-10(4-2-9)30(26,27)28/h1-4,7-8,11,13-14,17,23-25H,5-6H2,(H,18,19,20)(H,26,27,28)/t11-,13-,14-,17?/m1/s1. The lowest BCUT2D eigenvalue weighted by Gasteiger charge is -2.16. The van der Waals surface area contributed by atoms with Crippen molar-refractivity contribution in [2.24, 2.45) is 0 Å². The highest BCUT2D eigenvalue weighted by molar-refractivity contribution is 7.85. The summed E-state index contributed by atoms with van der Waals surface area (Å²) in [5.74, 6) is 0.393. The van der Waals surface area contributed by atoms with Gasteiger partial charge in [-0.25, -0.2) is 15.0 Å². The molecule has 1 aliphatic heterocycles. The van der Waals surface area contributed by atoms with Crippen molar-refractivity contribution in [2.45, 2.75) is 36.0 Å². The Hall–Kier alpha value is -2.68.